The molecule has 0 spiro atoms. The highest BCUT2D eigenvalue weighted by molar-refractivity contribution is 4.80. The lowest BCUT2D eigenvalue weighted by Crippen LogP contribution is -2.12. The highest BCUT2D eigenvalue weighted by atomic mass is 16.3. The first kappa shape index (κ1) is 7.28. The van der Waals surface area contributed by atoms with Gasteiger partial charge in [0.15, 0.2) is 0 Å². The van der Waals surface area contributed by atoms with E-state index in [2.05, 4.69) is 5.10 Å². The van der Waals surface area contributed by atoms with Gasteiger partial charge in [0.25, 0.3) is 0 Å². The molecule has 1 heterocycles. The van der Waals surface area contributed by atoms with E-state index in [-0.39, 0.29) is 12.6 Å². The molecule has 0 aromatic carbocycles. The molecule has 0 aliphatic heterocycles. The quantitative estimate of drug-likeness (QED) is 0.675. The van der Waals surface area contributed by atoms with E-state index < -0.39 is 0 Å². The van der Waals surface area contributed by atoms with E-state index in [1.165, 1.54) is 0 Å². The minimum absolute atomic E-state index is 0.148. The molecule has 3 heteroatoms. The fourth-order valence-corrected chi connectivity index (χ4v) is 0.896. The minimum Gasteiger partial charge on any atom is -0.394 e. The van der Waals surface area contributed by atoms with E-state index in [1.54, 1.807) is 10.9 Å². The SMILES string of the molecule is CC[C@@H](CO)n1cccn1. The predicted octanol–water partition coefficient (Wildman–Crippen LogP) is 0.827. The molecule has 1 atom stereocenters. The molecule has 0 radical (unpaired) electrons. The Balaban J connectivity index is 2.64. The minimum atomic E-state index is 0.148. The van der Waals surface area contributed by atoms with Crippen LogP contribution in [0.5, 0.6) is 0 Å². The highest BCUT2D eigenvalue weighted by Gasteiger charge is 2.04. The van der Waals surface area contributed by atoms with E-state index >= 15 is 0 Å². The third kappa shape index (κ3) is 1.36. The molecule has 0 saturated carbocycles. The zero-order valence-corrected chi connectivity index (χ0v) is 6.07. The number of rotatable bonds is 3. The van der Waals surface area contributed by atoms with Crippen LogP contribution in [0.4, 0.5) is 0 Å². The van der Waals surface area contributed by atoms with Crippen LogP contribution in [0.15, 0.2) is 18.5 Å². The van der Waals surface area contributed by atoms with Gasteiger partial charge in [0.2, 0.25) is 0 Å². The summed E-state index contributed by atoms with van der Waals surface area (Å²) in [6.07, 6.45) is 4.50. The summed E-state index contributed by atoms with van der Waals surface area (Å²) in [6, 6.07) is 2.01. The summed E-state index contributed by atoms with van der Waals surface area (Å²) in [7, 11) is 0. The first-order chi connectivity index (χ1) is 4.88. The molecule has 1 N–H and O–H groups in total. The van der Waals surface area contributed by atoms with Crippen molar-refractivity contribution in [2.75, 3.05) is 6.61 Å². The van der Waals surface area contributed by atoms with E-state index in [1.807, 2.05) is 19.2 Å². The number of hydrogen-bond acceptors (Lipinski definition) is 2. The van der Waals surface area contributed by atoms with Crippen molar-refractivity contribution >= 4 is 0 Å². The fourth-order valence-electron chi connectivity index (χ4n) is 0.896. The first-order valence-electron chi connectivity index (χ1n) is 3.48. The van der Waals surface area contributed by atoms with Crippen molar-refractivity contribution in [2.24, 2.45) is 0 Å². The van der Waals surface area contributed by atoms with Crippen LogP contribution in [0, 0.1) is 0 Å². The van der Waals surface area contributed by atoms with Crippen LogP contribution < -0.4 is 0 Å². The molecular weight excluding hydrogens is 128 g/mol. The summed E-state index contributed by atoms with van der Waals surface area (Å²) >= 11 is 0. The van der Waals surface area contributed by atoms with Crippen LogP contribution in [-0.2, 0) is 0 Å². The van der Waals surface area contributed by atoms with Gasteiger partial charge in [-0.25, -0.2) is 0 Å². The van der Waals surface area contributed by atoms with Crippen molar-refractivity contribution in [2.45, 2.75) is 19.4 Å². The van der Waals surface area contributed by atoms with Gasteiger partial charge >= 0.3 is 0 Å². The monoisotopic (exact) mass is 140 g/mol. The molecule has 56 valence electrons. The maximum atomic E-state index is 8.84. The molecule has 0 bridgehead atoms. The Kier molecular flexibility index (Phi) is 2.45. The van der Waals surface area contributed by atoms with E-state index in [9.17, 15) is 0 Å². The van der Waals surface area contributed by atoms with E-state index in [4.69, 9.17) is 5.11 Å². The van der Waals surface area contributed by atoms with Gasteiger partial charge in [-0.2, -0.15) is 5.10 Å². The highest BCUT2D eigenvalue weighted by Crippen LogP contribution is 2.06. The zero-order valence-electron chi connectivity index (χ0n) is 6.07. The number of nitrogens with zero attached hydrogens (tertiary/aromatic N) is 2. The van der Waals surface area contributed by atoms with Crippen molar-refractivity contribution in [3.63, 3.8) is 0 Å². The Morgan fingerprint density at radius 3 is 2.90 bits per heavy atom. The molecule has 0 unspecified atom stereocenters. The Bertz CT molecular complexity index is 168. The van der Waals surface area contributed by atoms with Crippen LogP contribution in [0.3, 0.4) is 0 Å². The second-order valence-corrected chi connectivity index (χ2v) is 2.23. The number of hydrogen-bond donors (Lipinski definition) is 1. The lowest BCUT2D eigenvalue weighted by molar-refractivity contribution is 0.215. The number of aliphatic hydroxyl groups is 1. The number of aromatic nitrogens is 2. The van der Waals surface area contributed by atoms with E-state index in [0.717, 1.165) is 6.42 Å². The molecule has 1 rings (SSSR count). The van der Waals surface area contributed by atoms with Gasteiger partial charge in [0.05, 0.1) is 12.6 Å². The van der Waals surface area contributed by atoms with Gasteiger partial charge < -0.3 is 5.11 Å². The average molecular weight is 140 g/mol. The van der Waals surface area contributed by atoms with Gasteiger partial charge in [0, 0.05) is 12.4 Å². The van der Waals surface area contributed by atoms with Crippen LogP contribution in [0.1, 0.15) is 19.4 Å². The lowest BCUT2D eigenvalue weighted by Gasteiger charge is -2.10. The van der Waals surface area contributed by atoms with Crippen molar-refractivity contribution in [3.05, 3.63) is 18.5 Å². The third-order valence-electron chi connectivity index (χ3n) is 1.58. The Morgan fingerprint density at radius 1 is 1.70 bits per heavy atom. The van der Waals surface area contributed by atoms with Gasteiger partial charge in [-0.15, -0.1) is 0 Å². The van der Waals surface area contributed by atoms with Crippen LogP contribution in [-0.4, -0.2) is 21.5 Å². The van der Waals surface area contributed by atoms with Gasteiger partial charge in [-0.05, 0) is 12.5 Å². The van der Waals surface area contributed by atoms with Gasteiger partial charge in [-0.1, -0.05) is 6.92 Å². The maximum Gasteiger partial charge on any atom is 0.0747 e. The second kappa shape index (κ2) is 3.37. The Labute approximate surface area is 60.3 Å². The molecule has 0 amide bonds. The lowest BCUT2D eigenvalue weighted by atomic mass is 10.2. The average Bonchev–Trinajstić information content (AvgIpc) is 2.43. The van der Waals surface area contributed by atoms with Crippen LogP contribution in [0.25, 0.3) is 0 Å². The molecule has 1 aromatic heterocycles. The smallest absolute Gasteiger partial charge is 0.0747 e. The summed E-state index contributed by atoms with van der Waals surface area (Å²) < 4.78 is 1.78. The molecule has 0 fully saturated rings. The summed E-state index contributed by atoms with van der Waals surface area (Å²) in [5.74, 6) is 0. The molecule has 1 aromatic rings. The van der Waals surface area contributed by atoms with Gasteiger partial charge in [-0.3, -0.25) is 4.68 Å². The maximum absolute atomic E-state index is 8.84. The standard InChI is InChI=1S/C7H12N2O/c1-2-7(6-10)9-5-3-4-8-9/h3-5,7,10H,2,6H2,1H3/t7-/m0/s1. The summed E-state index contributed by atoms with van der Waals surface area (Å²) in [6.45, 7) is 2.20. The molecular formula is C7H12N2O. The second-order valence-electron chi connectivity index (χ2n) is 2.23. The van der Waals surface area contributed by atoms with Gasteiger partial charge in [0.1, 0.15) is 0 Å². The molecule has 0 saturated heterocycles. The van der Waals surface area contributed by atoms with Crippen molar-refractivity contribution < 1.29 is 5.11 Å². The molecule has 3 nitrogen and oxygen atoms in total. The zero-order chi connectivity index (χ0) is 7.40. The fraction of sp³-hybridized carbons (Fsp3) is 0.571. The van der Waals surface area contributed by atoms with Crippen molar-refractivity contribution in [1.82, 2.24) is 9.78 Å². The first-order valence-corrected chi connectivity index (χ1v) is 3.48. The topological polar surface area (TPSA) is 38.0 Å². The third-order valence-corrected chi connectivity index (χ3v) is 1.58. The summed E-state index contributed by atoms with van der Waals surface area (Å²) in [5, 5.41) is 12.9. The molecule has 0 aliphatic rings. The van der Waals surface area contributed by atoms with E-state index in [0.29, 0.717) is 0 Å². The predicted molar refractivity (Wildman–Crippen MR) is 38.6 cm³/mol. The van der Waals surface area contributed by atoms with Crippen molar-refractivity contribution in [3.8, 4) is 0 Å². The van der Waals surface area contributed by atoms with Crippen molar-refractivity contribution in [1.29, 1.82) is 0 Å². The van der Waals surface area contributed by atoms with Crippen LogP contribution >= 0.6 is 0 Å². The normalized spacial score (nSPS) is 13.4. The van der Waals surface area contributed by atoms with Crippen LogP contribution in [0.2, 0.25) is 0 Å². The largest absolute Gasteiger partial charge is 0.394 e. The summed E-state index contributed by atoms with van der Waals surface area (Å²) in [4.78, 5) is 0. The molecule has 10 heavy (non-hydrogen) atoms. The summed E-state index contributed by atoms with van der Waals surface area (Å²) in [5.41, 5.74) is 0. The number of aliphatic hydroxyl groups excluding tert-OH is 1. The Hall–Kier alpha value is -0.830. The Morgan fingerprint density at radius 2 is 2.50 bits per heavy atom. The molecule has 0 aliphatic carbocycles.